The van der Waals surface area contributed by atoms with E-state index in [0.29, 0.717) is 5.75 Å². The van der Waals surface area contributed by atoms with Gasteiger partial charge in [0.1, 0.15) is 6.61 Å². The molecule has 0 unspecified atom stereocenters. The summed E-state index contributed by atoms with van der Waals surface area (Å²) in [7, 11) is 0. The molecular weight excluding hydrogens is 168 g/mol. The van der Waals surface area contributed by atoms with Crippen LogP contribution in [0, 0.1) is 0 Å². The molecular formula is C5H10N2O3S. The molecule has 0 aromatic rings. The van der Waals surface area contributed by atoms with E-state index in [0.717, 1.165) is 0 Å². The molecule has 0 saturated carbocycles. The van der Waals surface area contributed by atoms with E-state index in [1.807, 2.05) is 0 Å². The van der Waals surface area contributed by atoms with Crippen molar-refractivity contribution in [2.24, 2.45) is 11.5 Å². The molecule has 0 aliphatic rings. The lowest BCUT2D eigenvalue weighted by atomic mass is 10.8. The molecule has 11 heavy (non-hydrogen) atoms. The summed E-state index contributed by atoms with van der Waals surface area (Å²) >= 11 is 1.30. The first-order valence-electron chi connectivity index (χ1n) is 2.91. The van der Waals surface area contributed by atoms with Crippen molar-refractivity contribution in [3.63, 3.8) is 0 Å². The van der Waals surface area contributed by atoms with Crippen LogP contribution in [0.25, 0.3) is 0 Å². The minimum absolute atomic E-state index is 0.216. The highest BCUT2D eigenvalue weighted by Crippen LogP contribution is 1.97. The fourth-order valence-electron chi connectivity index (χ4n) is 0.374. The molecule has 5 nitrogen and oxygen atoms in total. The SMILES string of the molecule is NC(=O)CSCCOC(N)=O. The molecule has 2 amide bonds. The van der Waals surface area contributed by atoms with Crippen LogP contribution in [0.1, 0.15) is 0 Å². The molecule has 64 valence electrons. The molecule has 4 N–H and O–H groups in total. The Morgan fingerprint density at radius 3 is 2.45 bits per heavy atom. The molecule has 0 aliphatic carbocycles. The van der Waals surface area contributed by atoms with Gasteiger partial charge in [-0.3, -0.25) is 4.79 Å². The maximum atomic E-state index is 10.2. The number of hydrogen-bond donors (Lipinski definition) is 2. The number of carbonyl (C=O) groups is 2. The van der Waals surface area contributed by atoms with Gasteiger partial charge in [-0.2, -0.15) is 0 Å². The van der Waals surface area contributed by atoms with E-state index in [2.05, 4.69) is 10.5 Å². The zero-order chi connectivity index (χ0) is 8.69. The minimum atomic E-state index is -0.801. The summed E-state index contributed by atoms with van der Waals surface area (Å²) in [6.45, 7) is 0.216. The average Bonchev–Trinajstić information content (AvgIpc) is 1.85. The van der Waals surface area contributed by atoms with Crippen LogP contribution in [0.4, 0.5) is 4.79 Å². The Hall–Kier alpha value is -0.910. The first-order valence-corrected chi connectivity index (χ1v) is 4.06. The van der Waals surface area contributed by atoms with Gasteiger partial charge >= 0.3 is 6.09 Å². The van der Waals surface area contributed by atoms with E-state index in [-0.39, 0.29) is 18.3 Å². The second-order valence-corrected chi connectivity index (χ2v) is 2.79. The largest absolute Gasteiger partial charge is 0.449 e. The zero-order valence-electron chi connectivity index (χ0n) is 5.91. The van der Waals surface area contributed by atoms with Crippen molar-refractivity contribution < 1.29 is 14.3 Å². The van der Waals surface area contributed by atoms with Crippen molar-refractivity contribution in [3.05, 3.63) is 0 Å². The second-order valence-electron chi connectivity index (χ2n) is 1.69. The summed E-state index contributed by atoms with van der Waals surface area (Å²) in [6.07, 6.45) is -0.801. The predicted molar refractivity (Wildman–Crippen MR) is 42.1 cm³/mol. The first-order chi connectivity index (χ1) is 5.13. The van der Waals surface area contributed by atoms with Gasteiger partial charge in [0.15, 0.2) is 0 Å². The molecule has 0 radical (unpaired) electrons. The fraction of sp³-hybridized carbons (Fsp3) is 0.600. The van der Waals surface area contributed by atoms with Gasteiger partial charge in [-0.05, 0) is 0 Å². The molecule has 0 rings (SSSR count). The van der Waals surface area contributed by atoms with E-state index >= 15 is 0 Å². The van der Waals surface area contributed by atoms with Gasteiger partial charge in [0.2, 0.25) is 5.91 Å². The quantitative estimate of drug-likeness (QED) is 0.544. The highest BCUT2D eigenvalue weighted by Gasteiger charge is 1.96. The topological polar surface area (TPSA) is 95.4 Å². The molecule has 0 aromatic carbocycles. The third-order valence-electron chi connectivity index (χ3n) is 0.716. The molecule has 0 aromatic heterocycles. The summed E-state index contributed by atoms with van der Waals surface area (Å²) in [5.74, 6) is 0.391. The Kier molecular flexibility index (Phi) is 5.36. The number of carbonyl (C=O) groups excluding carboxylic acids is 2. The molecule has 0 saturated heterocycles. The van der Waals surface area contributed by atoms with Crippen molar-refractivity contribution in [1.29, 1.82) is 0 Å². The highest BCUT2D eigenvalue weighted by atomic mass is 32.2. The molecule has 6 heteroatoms. The van der Waals surface area contributed by atoms with E-state index in [1.165, 1.54) is 11.8 Å². The Balaban J connectivity index is 3.03. The Morgan fingerprint density at radius 1 is 1.36 bits per heavy atom. The van der Waals surface area contributed by atoms with E-state index < -0.39 is 6.09 Å². The maximum absolute atomic E-state index is 10.2. The minimum Gasteiger partial charge on any atom is -0.449 e. The van der Waals surface area contributed by atoms with Crippen LogP contribution in [0.2, 0.25) is 0 Å². The fourth-order valence-corrected chi connectivity index (χ4v) is 0.921. The van der Waals surface area contributed by atoms with E-state index in [1.54, 1.807) is 0 Å². The summed E-state index contributed by atoms with van der Waals surface area (Å²) in [4.78, 5) is 20.2. The number of primary amides is 2. The van der Waals surface area contributed by atoms with Gasteiger partial charge in [-0.1, -0.05) is 0 Å². The van der Waals surface area contributed by atoms with Gasteiger partial charge in [0.25, 0.3) is 0 Å². The number of ether oxygens (including phenoxy) is 1. The van der Waals surface area contributed by atoms with Crippen molar-refractivity contribution in [2.45, 2.75) is 0 Å². The van der Waals surface area contributed by atoms with Crippen LogP contribution in [-0.2, 0) is 9.53 Å². The summed E-state index contributed by atoms with van der Waals surface area (Å²) in [5.41, 5.74) is 9.51. The van der Waals surface area contributed by atoms with Crippen LogP contribution in [-0.4, -0.2) is 30.1 Å². The number of amides is 2. The second kappa shape index (κ2) is 5.84. The standard InChI is InChI=1S/C5H10N2O3S/c6-4(8)3-11-2-1-10-5(7)9/h1-3H2,(H2,6,8)(H2,7,9). The molecule has 0 atom stereocenters. The third-order valence-corrected chi connectivity index (χ3v) is 1.66. The van der Waals surface area contributed by atoms with Gasteiger partial charge in [-0.15, -0.1) is 11.8 Å². The van der Waals surface area contributed by atoms with Crippen LogP contribution < -0.4 is 11.5 Å². The van der Waals surface area contributed by atoms with Crippen LogP contribution in [0.3, 0.4) is 0 Å². The number of hydrogen-bond acceptors (Lipinski definition) is 4. The van der Waals surface area contributed by atoms with Gasteiger partial charge in [-0.25, -0.2) is 4.79 Å². The first kappa shape index (κ1) is 10.1. The lowest BCUT2D eigenvalue weighted by Gasteiger charge is -1.98. The monoisotopic (exact) mass is 178 g/mol. The molecule has 0 heterocycles. The number of nitrogens with two attached hydrogens (primary N) is 2. The Bertz CT molecular complexity index is 135. The van der Waals surface area contributed by atoms with Crippen molar-refractivity contribution in [1.82, 2.24) is 0 Å². The Morgan fingerprint density at radius 2 is 2.00 bits per heavy atom. The number of thioether (sulfide) groups is 1. The lowest BCUT2D eigenvalue weighted by molar-refractivity contribution is -0.115. The van der Waals surface area contributed by atoms with Gasteiger partial charge < -0.3 is 16.2 Å². The van der Waals surface area contributed by atoms with Crippen molar-refractivity contribution >= 4 is 23.8 Å². The van der Waals surface area contributed by atoms with Crippen LogP contribution in [0.15, 0.2) is 0 Å². The normalized spacial score (nSPS) is 9.09. The summed E-state index contributed by atoms with van der Waals surface area (Å²) in [6, 6.07) is 0. The summed E-state index contributed by atoms with van der Waals surface area (Å²) < 4.78 is 4.39. The van der Waals surface area contributed by atoms with Gasteiger partial charge in [0, 0.05) is 5.75 Å². The molecule has 0 spiro atoms. The smallest absolute Gasteiger partial charge is 0.404 e. The molecule has 0 aliphatic heterocycles. The van der Waals surface area contributed by atoms with E-state index in [4.69, 9.17) is 5.73 Å². The van der Waals surface area contributed by atoms with E-state index in [9.17, 15) is 9.59 Å². The van der Waals surface area contributed by atoms with Crippen LogP contribution in [0.5, 0.6) is 0 Å². The van der Waals surface area contributed by atoms with Gasteiger partial charge in [0.05, 0.1) is 5.75 Å². The average molecular weight is 178 g/mol. The maximum Gasteiger partial charge on any atom is 0.404 e. The summed E-state index contributed by atoms with van der Waals surface area (Å²) in [5, 5.41) is 0. The Labute approximate surface area is 68.4 Å². The highest BCUT2D eigenvalue weighted by molar-refractivity contribution is 7.99. The lowest BCUT2D eigenvalue weighted by Crippen LogP contribution is -2.17. The van der Waals surface area contributed by atoms with Crippen molar-refractivity contribution in [2.75, 3.05) is 18.1 Å². The number of rotatable bonds is 5. The molecule has 0 fully saturated rings. The zero-order valence-corrected chi connectivity index (χ0v) is 6.73. The van der Waals surface area contributed by atoms with Crippen LogP contribution >= 0.6 is 11.8 Å². The predicted octanol–water partition coefficient (Wildman–Crippen LogP) is -0.700. The molecule has 0 bridgehead atoms. The van der Waals surface area contributed by atoms with Crippen molar-refractivity contribution in [3.8, 4) is 0 Å². The third kappa shape index (κ3) is 9.09.